The molecular weight excluding hydrogens is 340 g/mol. The number of nitro groups is 2. The molecule has 0 saturated heterocycles. The van der Waals surface area contributed by atoms with Crippen molar-refractivity contribution in [1.29, 1.82) is 0 Å². The molecule has 25 heavy (non-hydrogen) atoms. The van der Waals surface area contributed by atoms with E-state index in [2.05, 4.69) is 10.5 Å². The number of esters is 2. The average Bonchev–Trinajstić information content (AvgIpc) is 2.51. The third kappa shape index (κ3) is 6.60. The van der Waals surface area contributed by atoms with Gasteiger partial charge in [-0.05, 0) is 6.07 Å². The van der Waals surface area contributed by atoms with Crippen LogP contribution >= 0.6 is 0 Å². The summed E-state index contributed by atoms with van der Waals surface area (Å²) in [7, 11) is 0. The van der Waals surface area contributed by atoms with Gasteiger partial charge >= 0.3 is 17.6 Å². The standard InChI is InChI=1S/C13H14N4O8/c1-8(18)24-7-11(25-9(2)19)6-14-15-12-4-3-10(16(20)21)5-13(12)17(22)23/h3-6,11,15H,7H2,1-2H3/b14-6+/t11-/m0/s1. The van der Waals surface area contributed by atoms with Gasteiger partial charge in [0.25, 0.3) is 5.69 Å². The summed E-state index contributed by atoms with van der Waals surface area (Å²) in [6.45, 7) is 2.02. The highest BCUT2D eigenvalue weighted by molar-refractivity contribution is 5.74. The van der Waals surface area contributed by atoms with Crippen LogP contribution in [-0.4, -0.2) is 40.7 Å². The number of nitrogens with zero attached hydrogens (tertiary/aromatic N) is 3. The monoisotopic (exact) mass is 354 g/mol. The molecule has 0 spiro atoms. The first kappa shape index (κ1) is 19.5. The lowest BCUT2D eigenvalue weighted by Gasteiger charge is -2.12. The zero-order valence-corrected chi connectivity index (χ0v) is 13.2. The highest BCUT2D eigenvalue weighted by Crippen LogP contribution is 2.28. The second kappa shape index (κ2) is 8.90. The molecular formula is C13H14N4O8. The quantitative estimate of drug-likeness (QED) is 0.314. The zero-order valence-electron chi connectivity index (χ0n) is 13.2. The largest absolute Gasteiger partial charge is 0.462 e. The second-order valence-corrected chi connectivity index (χ2v) is 4.56. The maximum atomic E-state index is 11.0. The number of nitro benzene ring substituents is 2. The fourth-order valence-electron chi connectivity index (χ4n) is 1.59. The molecule has 1 rings (SSSR count). The highest BCUT2D eigenvalue weighted by atomic mass is 16.6. The number of carbonyl (C=O) groups excluding carboxylic acids is 2. The smallest absolute Gasteiger partial charge is 0.303 e. The normalized spacial score (nSPS) is 11.6. The Morgan fingerprint density at radius 2 is 1.92 bits per heavy atom. The van der Waals surface area contributed by atoms with Gasteiger partial charge in [0.2, 0.25) is 0 Å². The van der Waals surface area contributed by atoms with Gasteiger partial charge in [-0.2, -0.15) is 5.10 Å². The maximum Gasteiger partial charge on any atom is 0.303 e. The molecule has 0 aliphatic heterocycles. The summed E-state index contributed by atoms with van der Waals surface area (Å²) in [5, 5.41) is 25.3. The molecule has 1 aromatic rings. The zero-order chi connectivity index (χ0) is 19.0. The summed E-state index contributed by atoms with van der Waals surface area (Å²) < 4.78 is 9.53. The first-order valence-corrected chi connectivity index (χ1v) is 6.73. The third-order valence-corrected chi connectivity index (χ3v) is 2.58. The first-order chi connectivity index (χ1) is 11.7. The minimum atomic E-state index is -1.01. The molecule has 1 N–H and O–H groups in total. The van der Waals surface area contributed by atoms with E-state index in [4.69, 9.17) is 9.47 Å². The fourth-order valence-corrected chi connectivity index (χ4v) is 1.59. The van der Waals surface area contributed by atoms with Crippen molar-refractivity contribution in [1.82, 2.24) is 0 Å². The molecule has 0 aromatic heterocycles. The number of hydrogen-bond donors (Lipinski definition) is 1. The average molecular weight is 354 g/mol. The fraction of sp³-hybridized carbons (Fsp3) is 0.308. The molecule has 134 valence electrons. The van der Waals surface area contributed by atoms with E-state index < -0.39 is 39.3 Å². The van der Waals surface area contributed by atoms with Crippen LogP contribution in [0.25, 0.3) is 0 Å². The Bertz CT molecular complexity index is 718. The van der Waals surface area contributed by atoms with Gasteiger partial charge in [0, 0.05) is 19.9 Å². The highest BCUT2D eigenvalue weighted by Gasteiger charge is 2.19. The van der Waals surface area contributed by atoms with Crippen LogP contribution in [-0.2, 0) is 19.1 Å². The van der Waals surface area contributed by atoms with E-state index in [9.17, 15) is 29.8 Å². The van der Waals surface area contributed by atoms with Crippen LogP contribution in [0.2, 0.25) is 0 Å². The molecule has 0 bridgehead atoms. The van der Waals surface area contributed by atoms with Crippen molar-refractivity contribution in [3.05, 3.63) is 38.4 Å². The number of carbonyl (C=O) groups is 2. The minimum Gasteiger partial charge on any atom is -0.462 e. The van der Waals surface area contributed by atoms with E-state index in [1.165, 1.54) is 6.92 Å². The number of ether oxygens (including phenoxy) is 2. The number of non-ortho nitro benzene ring substituents is 1. The molecule has 0 amide bonds. The van der Waals surface area contributed by atoms with Gasteiger partial charge in [0.1, 0.15) is 12.3 Å². The predicted octanol–water partition coefficient (Wildman–Crippen LogP) is 1.40. The van der Waals surface area contributed by atoms with Crippen LogP contribution in [0.3, 0.4) is 0 Å². The van der Waals surface area contributed by atoms with E-state index in [-0.39, 0.29) is 12.3 Å². The number of hydrogen-bond acceptors (Lipinski definition) is 10. The van der Waals surface area contributed by atoms with E-state index in [1.54, 1.807) is 0 Å². The van der Waals surface area contributed by atoms with Crippen LogP contribution < -0.4 is 5.43 Å². The van der Waals surface area contributed by atoms with Crippen molar-refractivity contribution >= 4 is 35.2 Å². The van der Waals surface area contributed by atoms with Gasteiger partial charge in [0.15, 0.2) is 6.10 Å². The Labute approximate surface area is 140 Å². The summed E-state index contributed by atoms with van der Waals surface area (Å²) in [6.07, 6.45) is 0.0566. The van der Waals surface area contributed by atoms with E-state index >= 15 is 0 Å². The third-order valence-electron chi connectivity index (χ3n) is 2.58. The molecule has 0 unspecified atom stereocenters. The van der Waals surface area contributed by atoms with Crippen molar-refractivity contribution in [2.24, 2.45) is 5.10 Å². The molecule has 0 radical (unpaired) electrons. The van der Waals surface area contributed by atoms with E-state index in [0.29, 0.717) is 0 Å². The molecule has 0 saturated carbocycles. The van der Waals surface area contributed by atoms with Crippen molar-refractivity contribution in [3.8, 4) is 0 Å². The van der Waals surface area contributed by atoms with Gasteiger partial charge in [-0.15, -0.1) is 0 Å². The van der Waals surface area contributed by atoms with E-state index in [0.717, 1.165) is 31.3 Å². The molecule has 0 aliphatic rings. The lowest BCUT2D eigenvalue weighted by atomic mass is 10.2. The summed E-state index contributed by atoms with van der Waals surface area (Å²) in [4.78, 5) is 41.8. The van der Waals surface area contributed by atoms with Gasteiger partial charge in [0.05, 0.1) is 22.1 Å². The van der Waals surface area contributed by atoms with Crippen LogP contribution in [0.15, 0.2) is 23.3 Å². The van der Waals surface area contributed by atoms with Crippen molar-refractivity contribution in [2.75, 3.05) is 12.0 Å². The van der Waals surface area contributed by atoms with E-state index in [1.807, 2.05) is 0 Å². The summed E-state index contributed by atoms with van der Waals surface area (Å²) in [5.41, 5.74) is 1.21. The SMILES string of the molecule is CC(=O)OC[C@H](/C=N/Nc1ccc([N+](=O)[O-])cc1[N+](=O)[O-])OC(C)=O. The number of rotatable bonds is 8. The van der Waals surface area contributed by atoms with Gasteiger partial charge in [-0.25, -0.2) is 0 Å². The van der Waals surface area contributed by atoms with Crippen molar-refractivity contribution in [2.45, 2.75) is 20.0 Å². The van der Waals surface area contributed by atoms with Gasteiger partial charge < -0.3 is 9.47 Å². The maximum absolute atomic E-state index is 11.0. The van der Waals surface area contributed by atoms with Gasteiger partial charge in [-0.3, -0.25) is 35.2 Å². The molecule has 1 atom stereocenters. The summed E-state index contributed by atoms with van der Waals surface area (Å²) in [5.74, 6) is -1.24. The topological polar surface area (TPSA) is 163 Å². The lowest BCUT2D eigenvalue weighted by molar-refractivity contribution is -0.393. The molecule has 1 aromatic carbocycles. The van der Waals surface area contributed by atoms with Crippen molar-refractivity contribution in [3.63, 3.8) is 0 Å². The van der Waals surface area contributed by atoms with Crippen LogP contribution in [0.4, 0.5) is 17.1 Å². The lowest BCUT2D eigenvalue weighted by Crippen LogP contribution is -2.25. The number of anilines is 1. The minimum absolute atomic E-state index is 0.110. The Hall–Kier alpha value is -3.57. The van der Waals surface area contributed by atoms with Crippen LogP contribution in [0, 0.1) is 20.2 Å². The number of hydrazone groups is 1. The number of benzene rings is 1. The molecule has 0 fully saturated rings. The Balaban J connectivity index is 2.90. The summed E-state index contributed by atoms with van der Waals surface area (Å²) in [6, 6.07) is 2.95. The number of nitrogens with one attached hydrogen (secondary N) is 1. The molecule has 0 heterocycles. The summed E-state index contributed by atoms with van der Waals surface area (Å²) >= 11 is 0. The second-order valence-electron chi connectivity index (χ2n) is 4.56. The Morgan fingerprint density at radius 3 is 2.44 bits per heavy atom. The van der Waals surface area contributed by atoms with Crippen molar-refractivity contribution < 1.29 is 28.9 Å². The predicted molar refractivity (Wildman–Crippen MR) is 84.1 cm³/mol. The Kier molecular flexibility index (Phi) is 6.94. The van der Waals surface area contributed by atoms with Gasteiger partial charge in [-0.1, -0.05) is 0 Å². The van der Waals surface area contributed by atoms with Crippen LogP contribution in [0.5, 0.6) is 0 Å². The molecule has 12 nitrogen and oxygen atoms in total. The first-order valence-electron chi connectivity index (χ1n) is 6.73. The Morgan fingerprint density at radius 1 is 1.24 bits per heavy atom. The molecule has 12 heteroatoms. The molecule has 0 aliphatic carbocycles. The van der Waals surface area contributed by atoms with Crippen LogP contribution in [0.1, 0.15) is 13.8 Å².